The molecule has 0 N–H and O–H groups in total. The minimum atomic E-state index is -0.213. The molecule has 0 radical (unpaired) electrons. The maximum atomic E-state index is 12.9. The fourth-order valence-corrected chi connectivity index (χ4v) is 2.17. The first-order valence-corrected chi connectivity index (χ1v) is 6.33. The van der Waals surface area contributed by atoms with Gasteiger partial charge in [0.2, 0.25) is 0 Å². The minimum absolute atomic E-state index is 0.0852. The van der Waals surface area contributed by atoms with E-state index < -0.39 is 0 Å². The number of halogens is 3. The lowest BCUT2D eigenvalue weighted by Crippen LogP contribution is -2.20. The van der Waals surface area contributed by atoms with Gasteiger partial charge in [-0.3, -0.25) is 0 Å². The SMILES string of the molecule is CCC(C)(CCl)Cc1ccc(F)cc1Br. The zero-order valence-electron chi connectivity index (χ0n) is 8.99. The summed E-state index contributed by atoms with van der Waals surface area (Å²) in [5.41, 5.74) is 1.20. The molecule has 3 heteroatoms. The van der Waals surface area contributed by atoms with Gasteiger partial charge in [0.25, 0.3) is 0 Å². The van der Waals surface area contributed by atoms with Crippen LogP contribution in [-0.4, -0.2) is 5.88 Å². The molecule has 0 fully saturated rings. The van der Waals surface area contributed by atoms with Crippen molar-refractivity contribution >= 4 is 27.5 Å². The van der Waals surface area contributed by atoms with Crippen LogP contribution in [0.2, 0.25) is 0 Å². The van der Waals surface area contributed by atoms with Crippen LogP contribution in [0.15, 0.2) is 22.7 Å². The molecule has 0 aromatic heterocycles. The second kappa shape index (κ2) is 5.31. The number of hydrogen-bond acceptors (Lipinski definition) is 0. The van der Waals surface area contributed by atoms with Crippen molar-refractivity contribution in [2.45, 2.75) is 26.7 Å². The fraction of sp³-hybridized carbons (Fsp3) is 0.500. The van der Waals surface area contributed by atoms with Crippen LogP contribution in [0.1, 0.15) is 25.8 Å². The minimum Gasteiger partial charge on any atom is -0.207 e. The highest BCUT2D eigenvalue weighted by Gasteiger charge is 2.22. The van der Waals surface area contributed by atoms with E-state index in [9.17, 15) is 4.39 Å². The molecule has 84 valence electrons. The number of benzene rings is 1. The van der Waals surface area contributed by atoms with E-state index in [1.54, 1.807) is 0 Å². The van der Waals surface area contributed by atoms with Gasteiger partial charge in [-0.05, 0) is 36.0 Å². The fourth-order valence-electron chi connectivity index (χ4n) is 1.39. The molecular weight excluding hydrogens is 278 g/mol. The third-order valence-electron chi connectivity index (χ3n) is 2.81. The highest BCUT2D eigenvalue weighted by Crippen LogP contribution is 2.31. The average molecular weight is 294 g/mol. The van der Waals surface area contributed by atoms with Gasteiger partial charge in [0, 0.05) is 10.4 Å². The van der Waals surface area contributed by atoms with E-state index in [0.29, 0.717) is 5.88 Å². The first-order valence-electron chi connectivity index (χ1n) is 5.00. The molecule has 1 aromatic rings. The van der Waals surface area contributed by atoms with Crippen molar-refractivity contribution in [3.05, 3.63) is 34.1 Å². The van der Waals surface area contributed by atoms with E-state index in [4.69, 9.17) is 11.6 Å². The van der Waals surface area contributed by atoms with E-state index >= 15 is 0 Å². The number of alkyl halides is 1. The standard InChI is InChI=1S/C12H15BrClF/c1-3-12(2,8-14)7-9-4-5-10(15)6-11(9)13/h4-6H,3,7-8H2,1-2H3. The molecule has 1 aromatic carbocycles. The van der Waals surface area contributed by atoms with Gasteiger partial charge in [-0.15, -0.1) is 11.6 Å². The van der Waals surface area contributed by atoms with Crippen molar-refractivity contribution in [1.29, 1.82) is 0 Å². The largest absolute Gasteiger partial charge is 0.207 e. The quantitative estimate of drug-likeness (QED) is 0.700. The molecule has 0 aliphatic rings. The van der Waals surface area contributed by atoms with Crippen LogP contribution in [0.4, 0.5) is 4.39 Å². The van der Waals surface area contributed by atoms with Gasteiger partial charge in [0.05, 0.1) is 0 Å². The summed E-state index contributed by atoms with van der Waals surface area (Å²) >= 11 is 9.33. The van der Waals surface area contributed by atoms with E-state index in [2.05, 4.69) is 29.8 Å². The number of hydrogen-bond donors (Lipinski definition) is 0. The third kappa shape index (κ3) is 3.46. The second-order valence-electron chi connectivity index (χ2n) is 4.21. The predicted molar refractivity (Wildman–Crippen MR) is 66.9 cm³/mol. The molecule has 0 aliphatic carbocycles. The van der Waals surface area contributed by atoms with Crippen molar-refractivity contribution < 1.29 is 4.39 Å². The molecular formula is C12H15BrClF. The molecule has 1 unspecified atom stereocenters. The molecule has 15 heavy (non-hydrogen) atoms. The van der Waals surface area contributed by atoms with Crippen LogP contribution in [-0.2, 0) is 6.42 Å². The third-order valence-corrected chi connectivity index (χ3v) is 4.19. The smallest absolute Gasteiger partial charge is 0.124 e. The van der Waals surface area contributed by atoms with Gasteiger partial charge < -0.3 is 0 Å². The Bertz CT molecular complexity index is 334. The molecule has 0 aliphatic heterocycles. The molecule has 0 saturated heterocycles. The lowest BCUT2D eigenvalue weighted by molar-refractivity contribution is 0.355. The molecule has 0 bridgehead atoms. The second-order valence-corrected chi connectivity index (χ2v) is 5.33. The summed E-state index contributed by atoms with van der Waals surface area (Å²) in [5, 5.41) is 0. The summed E-state index contributed by atoms with van der Waals surface area (Å²) in [6.45, 7) is 4.27. The predicted octanol–water partition coefficient (Wildman–Crippen LogP) is 4.79. The van der Waals surface area contributed by atoms with E-state index in [-0.39, 0.29) is 11.2 Å². The maximum Gasteiger partial charge on any atom is 0.124 e. The highest BCUT2D eigenvalue weighted by molar-refractivity contribution is 9.10. The van der Waals surface area contributed by atoms with E-state index in [1.807, 2.05) is 6.07 Å². The zero-order chi connectivity index (χ0) is 11.5. The Morgan fingerprint density at radius 2 is 2.13 bits per heavy atom. The lowest BCUT2D eigenvalue weighted by atomic mass is 9.83. The topological polar surface area (TPSA) is 0 Å². The molecule has 0 saturated carbocycles. The summed E-state index contributed by atoms with van der Waals surface area (Å²) in [4.78, 5) is 0. The van der Waals surface area contributed by atoms with Gasteiger partial charge in [-0.2, -0.15) is 0 Å². The van der Waals surface area contributed by atoms with Crippen LogP contribution in [0.3, 0.4) is 0 Å². The summed E-state index contributed by atoms with van der Waals surface area (Å²) < 4.78 is 13.7. The van der Waals surface area contributed by atoms with Crippen molar-refractivity contribution in [2.24, 2.45) is 5.41 Å². The summed E-state index contributed by atoms with van der Waals surface area (Å²) in [7, 11) is 0. The Morgan fingerprint density at radius 3 is 2.60 bits per heavy atom. The van der Waals surface area contributed by atoms with Crippen LogP contribution in [0, 0.1) is 11.2 Å². The first-order chi connectivity index (χ1) is 7.00. The van der Waals surface area contributed by atoms with Crippen molar-refractivity contribution in [2.75, 3.05) is 5.88 Å². The molecule has 1 rings (SSSR count). The van der Waals surface area contributed by atoms with Gasteiger partial charge >= 0.3 is 0 Å². The van der Waals surface area contributed by atoms with E-state index in [1.165, 1.54) is 12.1 Å². The van der Waals surface area contributed by atoms with Gasteiger partial charge in [-0.1, -0.05) is 35.8 Å². The van der Waals surface area contributed by atoms with Crippen molar-refractivity contribution in [1.82, 2.24) is 0 Å². The summed E-state index contributed by atoms with van der Waals surface area (Å²) in [6, 6.07) is 4.81. The van der Waals surface area contributed by atoms with Crippen LogP contribution in [0.25, 0.3) is 0 Å². The maximum absolute atomic E-state index is 12.9. The van der Waals surface area contributed by atoms with E-state index in [0.717, 1.165) is 22.9 Å². The Balaban J connectivity index is 2.89. The first kappa shape index (κ1) is 13.0. The normalized spacial score (nSPS) is 15.0. The molecule has 0 amide bonds. The molecule has 0 spiro atoms. The van der Waals surface area contributed by atoms with Gasteiger partial charge in [0.1, 0.15) is 5.82 Å². The summed E-state index contributed by atoms with van der Waals surface area (Å²) in [6.07, 6.45) is 1.88. The highest BCUT2D eigenvalue weighted by atomic mass is 79.9. The van der Waals surface area contributed by atoms with Crippen molar-refractivity contribution in [3.8, 4) is 0 Å². The van der Waals surface area contributed by atoms with Gasteiger partial charge in [-0.25, -0.2) is 4.39 Å². The Morgan fingerprint density at radius 1 is 1.47 bits per heavy atom. The lowest BCUT2D eigenvalue weighted by Gasteiger charge is -2.26. The van der Waals surface area contributed by atoms with Crippen LogP contribution >= 0.6 is 27.5 Å². The van der Waals surface area contributed by atoms with Crippen molar-refractivity contribution in [3.63, 3.8) is 0 Å². The van der Waals surface area contributed by atoms with Gasteiger partial charge in [0.15, 0.2) is 0 Å². The molecule has 0 heterocycles. The molecule has 1 atom stereocenters. The van der Waals surface area contributed by atoms with Crippen LogP contribution < -0.4 is 0 Å². The Kier molecular flexibility index (Phi) is 4.60. The Hall–Kier alpha value is -0.0800. The summed E-state index contributed by atoms with van der Waals surface area (Å²) in [5.74, 6) is 0.405. The average Bonchev–Trinajstić information content (AvgIpc) is 2.22. The Labute approximate surface area is 104 Å². The zero-order valence-corrected chi connectivity index (χ0v) is 11.3. The van der Waals surface area contributed by atoms with Crippen LogP contribution in [0.5, 0.6) is 0 Å². The monoisotopic (exact) mass is 292 g/mol. The molecule has 0 nitrogen and oxygen atoms in total. The number of rotatable bonds is 4.